The van der Waals surface area contributed by atoms with Crippen molar-refractivity contribution in [1.82, 2.24) is 4.90 Å². The molecule has 168 valence electrons. The number of nitrogens with zero attached hydrogens (tertiary/aromatic N) is 1. The van der Waals surface area contributed by atoms with E-state index in [-0.39, 0.29) is 17.8 Å². The van der Waals surface area contributed by atoms with E-state index >= 15 is 0 Å². The number of imide groups is 1. The normalized spacial score (nSPS) is 14.8. The van der Waals surface area contributed by atoms with Crippen LogP contribution in [0.3, 0.4) is 0 Å². The second kappa shape index (κ2) is 10.6. The van der Waals surface area contributed by atoms with Gasteiger partial charge in [-0.2, -0.15) is 0 Å². The maximum Gasteiger partial charge on any atom is 0.293 e. The van der Waals surface area contributed by atoms with Gasteiger partial charge in [-0.25, -0.2) is 4.39 Å². The number of thioether (sulfide) groups is 1. The van der Waals surface area contributed by atoms with Gasteiger partial charge in [0.15, 0.2) is 18.1 Å². The first-order chi connectivity index (χ1) is 15.3. The molecule has 1 N–H and O–H groups in total. The highest BCUT2D eigenvalue weighted by molar-refractivity contribution is 9.10. The molecule has 1 fully saturated rings. The number of ether oxygens (including phenoxy) is 2. The summed E-state index contributed by atoms with van der Waals surface area (Å²) < 4.78 is 24.5. The molecule has 1 heterocycles. The molecular weight excluding hydrogens is 503 g/mol. The molecule has 10 heteroatoms. The average Bonchev–Trinajstić information content (AvgIpc) is 3.03. The molecule has 2 aromatic rings. The van der Waals surface area contributed by atoms with Gasteiger partial charge in [-0.15, -0.1) is 0 Å². The van der Waals surface area contributed by atoms with Crippen molar-refractivity contribution in [3.8, 4) is 11.5 Å². The number of amides is 3. The van der Waals surface area contributed by atoms with E-state index in [0.29, 0.717) is 45.1 Å². The summed E-state index contributed by atoms with van der Waals surface area (Å²) in [7, 11) is 1.45. The molecule has 0 atom stereocenters. The van der Waals surface area contributed by atoms with Crippen LogP contribution in [-0.4, -0.2) is 42.2 Å². The Morgan fingerprint density at radius 3 is 2.59 bits per heavy atom. The summed E-state index contributed by atoms with van der Waals surface area (Å²) in [6.45, 7) is 1.97. The lowest BCUT2D eigenvalue weighted by atomic mass is 10.2. The summed E-state index contributed by atoms with van der Waals surface area (Å²) in [6, 6.07) is 8.64. The number of hydrogen-bond donors (Lipinski definition) is 1. The third-order valence-corrected chi connectivity index (χ3v) is 5.97. The second-order valence-electron chi connectivity index (χ2n) is 6.70. The number of anilines is 1. The minimum atomic E-state index is -0.427. The lowest BCUT2D eigenvalue weighted by molar-refractivity contribution is -0.122. The van der Waals surface area contributed by atoms with Crippen molar-refractivity contribution in [2.24, 2.45) is 0 Å². The van der Waals surface area contributed by atoms with E-state index in [1.54, 1.807) is 18.2 Å². The first-order valence-corrected chi connectivity index (χ1v) is 11.2. The van der Waals surface area contributed by atoms with E-state index in [4.69, 9.17) is 9.47 Å². The lowest BCUT2D eigenvalue weighted by Crippen LogP contribution is -2.28. The molecule has 0 unspecified atom stereocenters. The van der Waals surface area contributed by atoms with E-state index in [2.05, 4.69) is 21.2 Å². The van der Waals surface area contributed by atoms with Crippen LogP contribution in [0, 0.1) is 5.82 Å². The number of halogens is 2. The Bertz CT molecular complexity index is 1070. The standard InChI is InChI=1S/C22H20BrFN2O5S/c1-3-8-26-21(28)19(32-22(26)29)10-13-9-17(30-2)18(11-16(13)23)31-12-20(27)25-15-6-4-14(24)5-7-15/h4-7,9-11H,3,8,12H2,1-2H3,(H,25,27)/b19-10+. The summed E-state index contributed by atoms with van der Waals surface area (Å²) in [4.78, 5) is 38.2. The van der Waals surface area contributed by atoms with Crippen LogP contribution in [0.5, 0.6) is 11.5 Å². The topological polar surface area (TPSA) is 84.9 Å². The van der Waals surface area contributed by atoms with Gasteiger partial charge in [-0.1, -0.05) is 22.9 Å². The minimum Gasteiger partial charge on any atom is -0.493 e. The Morgan fingerprint density at radius 1 is 1.22 bits per heavy atom. The van der Waals surface area contributed by atoms with Gasteiger partial charge >= 0.3 is 0 Å². The summed E-state index contributed by atoms with van der Waals surface area (Å²) in [6.07, 6.45) is 2.29. The third kappa shape index (κ3) is 5.68. The fourth-order valence-corrected chi connectivity index (χ4v) is 4.16. The second-order valence-corrected chi connectivity index (χ2v) is 8.55. The highest BCUT2D eigenvalue weighted by Gasteiger charge is 2.34. The Hall–Kier alpha value is -2.85. The molecule has 3 amide bonds. The predicted molar refractivity (Wildman–Crippen MR) is 124 cm³/mol. The third-order valence-electron chi connectivity index (χ3n) is 4.38. The zero-order chi connectivity index (χ0) is 23.3. The monoisotopic (exact) mass is 522 g/mol. The Morgan fingerprint density at radius 2 is 1.94 bits per heavy atom. The molecule has 0 bridgehead atoms. The van der Waals surface area contributed by atoms with Crippen LogP contribution in [0.1, 0.15) is 18.9 Å². The number of benzene rings is 2. The molecule has 1 aliphatic heterocycles. The van der Waals surface area contributed by atoms with Crippen molar-refractivity contribution in [1.29, 1.82) is 0 Å². The molecule has 2 aromatic carbocycles. The Kier molecular flexibility index (Phi) is 7.92. The van der Waals surface area contributed by atoms with Gasteiger partial charge in [0.25, 0.3) is 17.1 Å². The molecule has 0 spiro atoms. The average molecular weight is 523 g/mol. The molecule has 32 heavy (non-hydrogen) atoms. The zero-order valence-corrected chi connectivity index (χ0v) is 19.7. The Balaban J connectivity index is 1.72. The number of hydrogen-bond acceptors (Lipinski definition) is 6. The predicted octanol–water partition coefficient (Wildman–Crippen LogP) is 5.06. The van der Waals surface area contributed by atoms with Gasteiger partial charge < -0.3 is 14.8 Å². The fourth-order valence-electron chi connectivity index (χ4n) is 2.86. The van der Waals surface area contributed by atoms with Gasteiger partial charge in [0.05, 0.1) is 12.0 Å². The van der Waals surface area contributed by atoms with Crippen molar-refractivity contribution < 1.29 is 28.2 Å². The quantitative estimate of drug-likeness (QED) is 0.487. The van der Waals surface area contributed by atoms with E-state index in [1.165, 1.54) is 36.3 Å². The summed E-state index contributed by atoms with van der Waals surface area (Å²) in [5, 5.41) is 2.31. The first kappa shape index (κ1) is 23.8. The van der Waals surface area contributed by atoms with Crippen LogP contribution in [0.25, 0.3) is 6.08 Å². The number of rotatable bonds is 8. The highest BCUT2D eigenvalue weighted by atomic mass is 79.9. The van der Waals surface area contributed by atoms with Gasteiger partial charge in [-0.05, 0) is 66.2 Å². The maximum atomic E-state index is 13.0. The van der Waals surface area contributed by atoms with Gasteiger partial charge in [-0.3, -0.25) is 19.3 Å². The lowest BCUT2D eigenvalue weighted by Gasteiger charge is -2.13. The van der Waals surface area contributed by atoms with Gasteiger partial charge in [0.2, 0.25) is 0 Å². The van der Waals surface area contributed by atoms with Crippen molar-refractivity contribution in [3.63, 3.8) is 0 Å². The van der Waals surface area contributed by atoms with Crippen molar-refractivity contribution in [2.45, 2.75) is 13.3 Å². The maximum absolute atomic E-state index is 13.0. The number of nitrogens with one attached hydrogen (secondary N) is 1. The van der Waals surface area contributed by atoms with Crippen molar-refractivity contribution in [3.05, 3.63) is 57.2 Å². The van der Waals surface area contributed by atoms with Gasteiger partial charge in [0.1, 0.15) is 5.82 Å². The van der Waals surface area contributed by atoms with Crippen LogP contribution < -0.4 is 14.8 Å². The first-order valence-electron chi connectivity index (χ1n) is 9.63. The van der Waals surface area contributed by atoms with Gasteiger partial charge in [0, 0.05) is 16.7 Å². The molecule has 3 rings (SSSR count). The molecule has 0 saturated carbocycles. The minimum absolute atomic E-state index is 0.293. The van der Waals surface area contributed by atoms with Crippen molar-refractivity contribution in [2.75, 3.05) is 25.6 Å². The molecule has 7 nitrogen and oxygen atoms in total. The summed E-state index contributed by atoms with van der Waals surface area (Å²) in [5.74, 6) is -0.496. The molecule has 1 saturated heterocycles. The largest absolute Gasteiger partial charge is 0.493 e. The number of methoxy groups -OCH3 is 1. The van der Waals surface area contributed by atoms with Crippen LogP contribution in [-0.2, 0) is 9.59 Å². The highest BCUT2D eigenvalue weighted by Crippen LogP contribution is 2.38. The van der Waals surface area contributed by atoms with Crippen LogP contribution in [0.15, 0.2) is 45.8 Å². The smallest absolute Gasteiger partial charge is 0.293 e. The van der Waals surface area contributed by atoms with Crippen LogP contribution in [0.4, 0.5) is 14.9 Å². The summed E-state index contributed by atoms with van der Waals surface area (Å²) in [5.41, 5.74) is 1.06. The van der Waals surface area contributed by atoms with E-state index < -0.39 is 11.7 Å². The van der Waals surface area contributed by atoms with E-state index in [9.17, 15) is 18.8 Å². The molecular formula is C22H20BrFN2O5S. The fraction of sp³-hybridized carbons (Fsp3) is 0.227. The van der Waals surface area contributed by atoms with Crippen molar-refractivity contribution >= 4 is 56.5 Å². The van der Waals surface area contributed by atoms with Crippen LogP contribution in [0.2, 0.25) is 0 Å². The van der Waals surface area contributed by atoms with E-state index in [0.717, 1.165) is 11.8 Å². The van der Waals surface area contributed by atoms with E-state index in [1.807, 2.05) is 6.92 Å². The molecule has 0 aliphatic carbocycles. The summed E-state index contributed by atoms with van der Waals surface area (Å²) >= 11 is 4.32. The number of carbonyl (C=O) groups excluding carboxylic acids is 3. The van der Waals surface area contributed by atoms with Crippen LogP contribution >= 0.6 is 27.7 Å². The number of carbonyl (C=O) groups is 3. The molecule has 0 aromatic heterocycles. The Labute approximate surface area is 197 Å². The SMILES string of the molecule is CCCN1C(=O)S/C(=C/c2cc(OC)c(OCC(=O)Nc3ccc(F)cc3)cc2Br)C1=O. The molecule has 1 aliphatic rings. The zero-order valence-electron chi connectivity index (χ0n) is 17.3. The molecule has 0 radical (unpaired) electrons.